The van der Waals surface area contributed by atoms with Crippen molar-refractivity contribution in [2.45, 2.75) is 51.5 Å². The zero-order valence-corrected chi connectivity index (χ0v) is 12.8. The number of nitrogens with zero attached hydrogens (tertiary/aromatic N) is 2. The van der Waals surface area contributed by atoms with Gasteiger partial charge in [-0.25, -0.2) is 0 Å². The van der Waals surface area contributed by atoms with E-state index < -0.39 is 5.54 Å². The summed E-state index contributed by atoms with van der Waals surface area (Å²) in [5, 5.41) is 4.16. The first-order valence-electron chi connectivity index (χ1n) is 7.73. The van der Waals surface area contributed by atoms with E-state index in [1.807, 2.05) is 12.1 Å². The second-order valence-corrected chi connectivity index (χ2v) is 6.47. The van der Waals surface area contributed by atoms with Gasteiger partial charge in [0.25, 0.3) is 0 Å². The van der Waals surface area contributed by atoms with Gasteiger partial charge >= 0.3 is 0 Å². The highest BCUT2D eigenvalue weighted by atomic mass is 16.5. The van der Waals surface area contributed by atoms with Crippen molar-refractivity contribution in [3.05, 3.63) is 47.1 Å². The monoisotopic (exact) mass is 285 g/mol. The maximum Gasteiger partial charge on any atom is 0.231 e. The lowest BCUT2D eigenvalue weighted by molar-refractivity contribution is 0.221. The third-order valence-electron chi connectivity index (χ3n) is 4.55. The van der Waals surface area contributed by atoms with Gasteiger partial charge in [0.2, 0.25) is 5.89 Å². The van der Waals surface area contributed by atoms with Gasteiger partial charge in [-0.05, 0) is 36.8 Å². The molecule has 1 aromatic heterocycles. The SMILES string of the molecule is Cc1ccccc1Cc1nc(C2(N)CCCC(C)C2)no1. The van der Waals surface area contributed by atoms with Crippen LogP contribution in [0.2, 0.25) is 0 Å². The minimum Gasteiger partial charge on any atom is -0.339 e. The Bertz CT molecular complexity index is 622. The van der Waals surface area contributed by atoms with Crippen LogP contribution in [-0.2, 0) is 12.0 Å². The highest BCUT2D eigenvalue weighted by Gasteiger charge is 2.36. The highest BCUT2D eigenvalue weighted by Crippen LogP contribution is 2.36. The summed E-state index contributed by atoms with van der Waals surface area (Å²) in [5.41, 5.74) is 8.57. The lowest BCUT2D eigenvalue weighted by atomic mass is 9.76. The molecule has 0 bridgehead atoms. The molecule has 0 spiro atoms. The van der Waals surface area contributed by atoms with Crippen LogP contribution in [-0.4, -0.2) is 10.1 Å². The van der Waals surface area contributed by atoms with Crippen LogP contribution in [0.25, 0.3) is 0 Å². The predicted octanol–water partition coefficient (Wildman–Crippen LogP) is 3.33. The smallest absolute Gasteiger partial charge is 0.231 e. The summed E-state index contributed by atoms with van der Waals surface area (Å²) in [7, 11) is 0. The fraction of sp³-hybridized carbons (Fsp3) is 0.529. The number of hydrogen-bond donors (Lipinski definition) is 1. The molecule has 1 aliphatic carbocycles. The maximum absolute atomic E-state index is 6.52. The van der Waals surface area contributed by atoms with Crippen LogP contribution in [0.5, 0.6) is 0 Å². The third kappa shape index (κ3) is 3.00. The van der Waals surface area contributed by atoms with Crippen molar-refractivity contribution in [1.82, 2.24) is 10.1 Å². The van der Waals surface area contributed by atoms with Crippen molar-refractivity contribution in [3.8, 4) is 0 Å². The normalized spacial score (nSPS) is 26.0. The minimum atomic E-state index is -0.412. The summed E-state index contributed by atoms with van der Waals surface area (Å²) in [6.07, 6.45) is 4.94. The van der Waals surface area contributed by atoms with E-state index in [0.717, 1.165) is 19.3 Å². The number of rotatable bonds is 3. The highest BCUT2D eigenvalue weighted by molar-refractivity contribution is 5.27. The summed E-state index contributed by atoms with van der Waals surface area (Å²) in [6.45, 7) is 4.34. The van der Waals surface area contributed by atoms with Crippen LogP contribution in [0.15, 0.2) is 28.8 Å². The molecule has 4 heteroatoms. The number of hydrogen-bond acceptors (Lipinski definition) is 4. The van der Waals surface area contributed by atoms with Gasteiger partial charge in [-0.3, -0.25) is 0 Å². The van der Waals surface area contributed by atoms with Crippen molar-refractivity contribution in [3.63, 3.8) is 0 Å². The summed E-state index contributed by atoms with van der Waals surface area (Å²) in [5.74, 6) is 1.96. The standard InChI is InChI=1S/C17H23N3O/c1-12-6-5-9-17(18,11-12)16-19-15(21-20-16)10-14-8-4-3-7-13(14)2/h3-4,7-8,12H,5-6,9-11,18H2,1-2H3. The first kappa shape index (κ1) is 14.3. The van der Waals surface area contributed by atoms with Gasteiger partial charge < -0.3 is 10.3 Å². The Kier molecular flexibility index (Phi) is 3.81. The molecule has 1 fully saturated rings. The second-order valence-electron chi connectivity index (χ2n) is 6.47. The Morgan fingerprint density at radius 2 is 2.19 bits per heavy atom. The van der Waals surface area contributed by atoms with Gasteiger partial charge in [-0.15, -0.1) is 0 Å². The summed E-state index contributed by atoms with van der Waals surface area (Å²) in [6, 6.07) is 8.27. The van der Waals surface area contributed by atoms with Crippen LogP contribution < -0.4 is 5.73 Å². The molecule has 1 aliphatic rings. The van der Waals surface area contributed by atoms with Crippen molar-refractivity contribution in [2.24, 2.45) is 11.7 Å². The van der Waals surface area contributed by atoms with Crippen LogP contribution in [0.3, 0.4) is 0 Å². The molecule has 21 heavy (non-hydrogen) atoms. The van der Waals surface area contributed by atoms with Crippen LogP contribution in [0.4, 0.5) is 0 Å². The minimum absolute atomic E-state index is 0.412. The van der Waals surface area contributed by atoms with Gasteiger partial charge in [0, 0.05) is 0 Å². The van der Waals surface area contributed by atoms with Crippen molar-refractivity contribution < 1.29 is 4.52 Å². The molecule has 0 radical (unpaired) electrons. The van der Waals surface area contributed by atoms with E-state index in [1.54, 1.807) is 0 Å². The first-order valence-corrected chi connectivity index (χ1v) is 7.73. The van der Waals surface area contributed by atoms with E-state index in [9.17, 15) is 0 Å². The molecule has 3 rings (SSSR count). The average molecular weight is 285 g/mol. The van der Waals surface area contributed by atoms with E-state index >= 15 is 0 Å². The Morgan fingerprint density at radius 3 is 2.95 bits per heavy atom. The van der Waals surface area contributed by atoms with E-state index in [4.69, 9.17) is 10.3 Å². The molecule has 0 saturated heterocycles. The zero-order chi connectivity index (χ0) is 14.9. The van der Waals surface area contributed by atoms with Crippen LogP contribution in [0.1, 0.15) is 55.4 Å². The molecular formula is C17H23N3O. The van der Waals surface area contributed by atoms with Gasteiger partial charge in [0.1, 0.15) is 0 Å². The van der Waals surface area contributed by atoms with E-state index in [0.29, 0.717) is 24.1 Å². The largest absolute Gasteiger partial charge is 0.339 e. The Hall–Kier alpha value is -1.68. The molecule has 1 aromatic carbocycles. The third-order valence-corrected chi connectivity index (χ3v) is 4.55. The molecule has 1 heterocycles. The Morgan fingerprint density at radius 1 is 1.38 bits per heavy atom. The summed E-state index contributed by atoms with van der Waals surface area (Å²) >= 11 is 0. The van der Waals surface area contributed by atoms with Gasteiger partial charge in [-0.1, -0.05) is 49.2 Å². The zero-order valence-electron chi connectivity index (χ0n) is 12.8. The van der Waals surface area contributed by atoms with E-state index in [2.05, 4.69) is 36.1 Å². The first-order chi connectivity index (χ1) is 10.1. The molecule has 1 saturated carbocycles. The summed E-state index contributed by atoms with van der Waals surface area (Å²) in [4.78, 5) is 4.57. The van der Waals surface area contributed by atoms with Crippen molar-refractivity contribution in [1.29, 1.82) is 0 Å². The van der Waals surface area contributed by atoms with Gasteiger partial charge in [-0.2, -0.15) is 4.98 Å². The van der Waals surface area contributed by atoms with Crippen LogP contribution >= 0.6 is 0 Å². The Labute approximate surface area is 125 Å². The van der Waals surface area contributed by atoms with Crippen molar-refractivity contribution in [2.75, 3.05) is 0 Å². The number of nitrogens with two attached hydrogens (primary N) is 1. The van der Waals surface area contributed by atoms with Gasteiger partial charge in [0.05, 0.1) is 12.0 Å². The molecule has 2 N–H and O–H groups in total. The molecule has 4 nitrogen and oxygen atoms in total. The summed E-state index contributed by atoms with van der Waals surface area (Å²) < 4.78 is 5.44. The van der Waals surface area contributed by atoms with Gasteiger partial charge in [0.15, 0.2) is 5.82 Å². The van der Waals surface area contributed by atoms with Crippen LogP contribution in [0, 0.1) is 12.8 Å². The van der Waals surface area contributed by atoms with E-state index in [1.165, 1.54) is 17.5 Å². The lowest BCUT2D eigenvalue weighted by Gasteiger charge is -2.33. The lowest BCUT2D eigenvalue weighted by Crippen LogP contribution is -2.42. The Balaban J connectivity index is 1.79. The topological polar surface area (TPSA) is 64.9 Å². The van der Waals surface area contributed by atoms with E-state index in [-0.39, 0.29) is 0 Å². The fourth-order valence-electron chi connectivity index (χ4n) is 3.30. The van der Waals surface area contributed by atoms with Crippen molar-refractivity contribution >= 4 is 0 Å². The maximum atomic E-state index is 6.52. The predicted molar refractivity (Wildman–Crippen MR) is 81.8 cm³/mol. The second kappa shape index (κ2) is 5.60. The molecule has 2 aromatic rings. The fourth-order valence-corrected chi connectivity index (χ4v) is 3.30. The molecule has 0 amide bonds. The quantitative estimate of drug-likeness (QED) is 0.939. The number of aryl methyl sites for hydroxylation is 1. The molecule has 112 valence electrons. The average Bonchev–Trinajstić information content (AvgIpc) is 2.91. The molecule has 0 aliphatic heterocycles. The number of benzene rings is 1. The molecular weight excluding hydrogens is 262 g/mol. The molecule has 2 unspecified atom stereocenters. The number of aromatic nitrogens is 2. The molecule has 2 atom stereocenters.